The molecule has 7 heteroatoms. The van der Waals surface area contributed by atoms with E-state index in [0.717, 1.165) is 56.1 Å². The Morgan fingerprint density at radius 1 is 1.00 bits per heavy atom. The molecule has 2 aromatic carbocycles. The van der Waals surface area contributed by atoms with Crippen LogP contribution in [0.2, 0.25) is 0 Å². The Labute approximate surface area is 251 Å². The van der Waals surface area contributed by atoms with Crippen LogP contribution >= 0.6 is 0 Å². The van der Waals surface area contributed by atoms with E-state index in [1.54, 1.807) is 34.6 Å². The molecule has 0 spiro atoms. The van der Waals surface area contributed by atoms with Crippen LogP contribution in [-0.2, 0) is 23.0 Å². The van der Waals surface area contributed by atoms with E-state index in [1.807, 2.05) is 6.21 Å². The predicted octanol–water partition coefficient (Wildman–Crippen LogP) is 8.44. The molecule has 2 aromatic rings. The monoisotopic (exact) mass is 596 g/mol. The van der Waals surface area contributed by atoms with Crippen molar-refractivity contribution in [2.75, 3.05) is 18.8 Å². The number of benzene rings is 2. The van der Waals surface area contributed by atoms with Crippen molar-refractivity contribution in [1.82, 2.24) is 4.31 Å². The predicted molar refractivity (Wildman–Crippen MR) is 169 cm³/mol. The van der Waals surface area contributed by atoms with E-state index in [-0.39, 0.29) is 35.3 Å². The number of sulfonamides is 1. The fourth-order valence-electron chi connectivity index (χ4n) is 6.39. The van der Waals surface area contributed by atoms with E-state index in [2.05, 4.69) is 31.0 Å². The minimum atomic E-state index is -3.49. The quantitative estimate of drug-likeness (QED) is 0.144. The second kappa shape index (κ2) is 15.2. The number of allylic oxidation sites excluding steroid dienone is 4. The zero-order valence-corrected chi connectivity index (χ0v) is 26.0. The molecule has 4 rings (SSSR count). The fraction of sp³-hybridized carbons (Fsp3) is 0.514. The van der Waals surface area contributed by atoms with Gasteiger partial charge >= 0.3 is 0 Å². The van der Waals surface area contributed by atoms with Gasteiger partial charge in [0, 0.05) is 19.3 Å². The number of aliphatic imine (C=N–C) groups is 1. The summed E-state index contributed by atoms with van der Waals surface area (Å²) in [6.45, 7) is 5.64. The van der Waals surface area contributed by atoms with Crippen molar-refractivity contribution >= 4 is 16.2 Å². The Morgan fingerprint density at radius 3 is 2.50 bits per heavy atom. The van der Waals surface area contributed by atoms with E-state index in [0.29, 0.717) is 31.5 Å². The molecule has 2 aliphatic rings. The van der Waals surface area contributed by atoms with Gasteiger partial charge in [-0.25, -0.2) is 21.5 Å². The zero-order chi connectivity index (χ0) is 30.0. The standard InChI is InChI=1S/C35H46F2N2O2S/c1-3-4-5-6-7-10-23-42(40,41)39(22-21-30-11-8-9-12-34(30)37)27-32-18-17-31-16-13-29(24-35(31,32)2)26-38-25-28-14-19-33(36)20-15-28/h8-9,11-16,19-20,26,32H,3-7,10,17-18,21-25,27H2,1-2H3/t32-,35+/m1/s1. The molecule has 0 aromatic heterocycles. The maximum absolute atomic E-state index is 14.4. The summed E-state index contributed by atoms with van der Waals surface area (Å²) < 4.78 is 56.7. The van der Waals surface area contributed by atoms with Crippen LogP contribution in [-0.4, -0.2) is 37.8 Å². The molecule has 1 saturated carbocycles. The zero-order valence-electron chi connectivity index (χ0n) is 25.2. The molecule has 4 nitrogen and oxygen atoms in total. The van der Waals surface area contributed by atoms with Gasteiger partial charge in [-0.2, -0.15) is 0 Å². The first-order valence-electron chi connectivity index (χ1n) is 15.6. The van der Waals surface area contributed by atoms with Gasteiger partial charge < -0.3 is 0 Å². The Hall–Kier alpha value is -2.64. The third-order valence-electron chi connectivity index (χ3n) is 9.07. The molecule has 0 amide bonds. The smallest absolute Gasteiger partial charge is 0.214 e. The molecule has 2 atom stereocenters. The van der Waals surface area contributed by atoms with Gasteiger partial charge in [0.2, 0.25) is 10.0 Å². The second-order valence-electron chi connectivity index (χ2n) is 12.1. The molecule has 2 aliphatic carbocycles. The molecular weight excluding hydrogens is 550 g/mol. The summed E-state index contributed by atoms with van der Waals surface area (Å²) >= 11 is 0. The van der Waals surface area contributed by atoms with E-state index in [4.69, 9.17) is 0 Å². The molecule has 0 unspecified atom stereocenters. The fourth-order valence-corrected chi connectivity index (χ4v) is 7.99. The molecule has 0 heterocycles. The number of hydrogen-bond donors (Lipinski definition) is 0. The SMILES string of the molecule is CCCCCCCCS(=O)(=O)N(CCc1ccccc1F)C[C@H]1CCC2=CC=C(C=NCc3ccc(F)cc3)C[C@@]21C. The normalized spacial score (nSPS) is 20.6. The summed E-state index contributed by atoms with van der Waals surface area (Å²) in [4.78, 5) is 4.61. The topological polar surface area (TPSA) is 49.7 Å². The van der Waals surface area contributed by atoms with Crippen LogP contribution < -0.4 is 0 Å². The lowest BCUT2D eigenvalue weighted by atomic mass is 9.70. The highest BCUT2D eigenvalue weighted by Crippen LogP contribution is 2.53. The highest BCUT2D eigenvalue weighted by molar-refractivity contribution is 7.89. The average Bonchev–Trinajstić information content (AvgIpc) is 3.29. The van der Waals surface area contributed by atoms with Crippen LogP contribution in [0.25, 0.3) is 0 Å². The van der Waals surface area contributed by atoms with Gasteiger partial charge in [0.05, 0.1) is 12.3 Å². The van der Waals surface area contributed by atoms with Gasteiger partial charge in [-0.15, -0.1) is 0 Å². The molecule has 0 N–H and O–H groups in total. The number of halogens is 2. The van der Waals surface area contributed by atoms with Crippen molar-refractivity contribution in [2.45, 2.75) is 84.6 Å². The van der Waals surface area contributed by atoms with Crippen LogP contribution in [0.5, 0.6) is 0 Å². The third kappa shape index (κ3) is 8.70. The lowest BCUT2D eigenvalue weighted by molar-refractivity contribution is 0.222. The maximum Gasteiger partial charge on any atom is 0.214 e. The van der Waals surface area contributed by atoms with Crippen LogP contribution in [0.15, 0.2) is 76.8 Å². The third-order valence-corrected chi connectivity index (χ3v) is 11.0. The van der Waals surface area contributed by atoms with Gasteiger partial charge in [-0.3, -0.25) is 4.99 Å². The minimum Gasteiger partial charge on any atom is -0.288 e. The molecule has 0 radical (unpaired) electrons. The summed E-state index contributed by atoms with van der Waals surface area (Å²) in [5.74, 6) is -0.236. The lowest BCUT2D eigenvalue weighted by Gasteiger charge is -2.38. The van der Waals surface area contributed by atoms with Crippen LogP contribution in [0, 0.1) is 23.0 Å². The Balaban J connectivity index is 1.44. The van der Waals surface area contributed by atoms with Crippen LogP contribution in [0.3, 0.4) is 0 Å². The van der Waals surface area contributed by atoms with Crippen molar-refractivity contribution in [3.8, 4) is 0 Å². The molecule has 1 fully saturated rings. The highest BCUT2D eigenvalue weighted by Gasteiger charge is 2.45. The highest BCUT2D eigenvalue weighted by atomic mass is 32.2. The number of fused-ring (bicyclic) bond motifs is 1. The van der Waals surface area contributed by atoms with Gasteiger partial charge in [0.1, 0.15) is 11.6 Å². The van der Waals surface area contributed by atoms with Crippen molar-refractivity contribution < 1.29 is 17.2 Å². The summed E-state index contributed by atoms with van der Waals surface area (Å²) in [6, 6.07) is 13.0. The average molecular weight is 597 g/mol. The van der Waals surface area contributed by atoms with Crippen molar-refractivity contribution in [3.63, 3.8) is 0 Å². The summed E-state index contributed by atoms with van der Waals surface area (Å²) in [5.41, 5.74) is 3.83. The first kappa shape index (κ1) is 32.3. The molecule has 0 aliphatic heterocycles. The van der Waals surface area contributed by atoms with E-state index < -0.39 is 10.0 Å². The first-order valence-corrected chi connectivity index (χ1v) is 17.2. The van der Waals surface area contributed by atoms with Gasteiger partial charge in [0.25, 0.3) is 0 Å². The summed E-state index contributed by atoms with van der Waals surface area (Å²) in [5, 5.41) is 0. The Morgan fingerprint density at radius 2 is 1.74 bits per heavy atom. The Kier molecular flexibility index (Phi) is 11.7. The van der Waals surface area contributed by atoms with Gasteiger partial charge in [0.15, 0.2) is 0 Å². The minimum absolute atomic E-state index is 0.143. The largest absolute Gasteiger partial charge is 0.288 e. The van der Waals surface area contributed by atoms with Gasteiger partial charge in [-0.05, 0) is 78.3 Å². The number of rotatable bonds is 16. The maximum atomic E-state index is 14.4. The second-order valence-corrected chi connectivity index (χ2v) is 14.2. The van der Waals surface area contributed by atoms with E-state index in [1.165, 1.54) is 30.2 Å². The van der Waals surface area contributed by atoms with Gasteiger partial charge in [-0.1, -0.05) is 94.0 Å². The Bertz CT molecular complexity index is 1370. The number of nitrogens with zero attached hydrogens (tertiary/aromatic N) is 2. The van der Waals surface area contributed by atoms with E-state index >= 15 is 0 Å². The molecule has 0 saturated heterocycles. The lowest BCUT2D eigenvalue weighted by Crippen LogP contribution is -2.42. The van der Waals surface area contributed by atoms with E-state index in [9.17, 15) is 17.2 Å². The van der Waals surface area contributed by atoms with Crippen molar-refractivity contribution in [3.05, 3.63) is 94.6 Å². The van der Waals surface area contributed by atoms with Crippen LogP contribution in [0.4, 0.5) is 8.78 Å². The van der Waals surface area contributed by atoms with Crippen molar-refractivity contribution in [2.24, 2.45) is 16.3 Å². The molecule has 228 valence electrons. The number of hydrogen-bond acceptors (Lipinski definition) is 3. The molecular formula is C35H46F2N2O2S. The van der Waals surface area contributed by atoms with Crippen LogP contribution in [0.1, 0.15) is 82.8 Å². The van der Waals surface area contributed by atoms with Crippen molar-refractivity contribution in [1.29, 1.82) is 0 Å². The summed E-state index contributed by atoms with van der Waals surface area (Å²) in [6.07, 6.45) is 15.4. The molecule has 0 bridgehead atoms. The molecule has 42 heavy (non-hydrogen) atoms. The summed E-state index contributed by atoms with van der Waals surface area (Å²) in [7, 11) is -3.49. The first-order chi connectivity index (χ1) is 20.2. The number of unbranched alkanes of at least 4 members (excludes halogenated alkanes) is 5.